The molecule has 0 atom stereocenters. The van der Waals surface area contributed by atoms with Gasteiger partial charge in [-0.3, -0.25) is 9.59 Å². The third kappa shape index (κ3) is 4.85. The van der Waals surface area contributed by atoms with E-state index in [0.29, 0.717) is 0 Å². The lowest BCUT2D eigenvalue weighted by Gasteiger charge is -2.17. The molecule has 0 aliphatic carbocycles. The molecule has 98 valence electrons. The number of amides is 1. The van der Waals surface area contributed by atoms with Crippen LogP contribution in [0.15, 0.2) is 24.3 Å². The van der Waals surface area contributed by atoms with Gasteiger partial charge in [-0.2, -0.15) is 0 Å². The van der Waals surface area contributed by atoms with Gasteiger partial charge >= 0.3 is 5.97 Å². The number of halogens is 1. The standard InChI is InChI=1S/C12H14INO3S/c1-12(2,11(16)17)18-7-10(15)14-9-5-3-4-8(13)6-9/h3-6H,7H2,1-2H3,(H,14,15)(H,16,17). The van der Waals surface area contributed by atoms with Crippen molar-refractivity contribution in [2.45, 2.75) is 18.6 Å². The minimum Gasteiger partial charge on any atom is -0.480 e. The first-order valence-electron chi connectivity index (χ1n) is 5.24. The molecule has 18 heavy (non-hydrogen) atoms. The van der Waals surface area contributed by atoms with Crippen molar-refractivity contribution >= 4 is 51.9 Å². The van der Waals surface area contributed by atoms with E-state index in [9.17, 15) is 9.59 Å². The number of benzene rings is 1. The van der Waals surface area contributed by atoms with Gasteiger partial charge in [0.05, 0.1) is 5.75 Å². The molecule has 0 spiro atoms. The summed E-state index contributed by atoms with van der Waals surface area (Å²) < 4.78 is 0.0755. The fourth-order valence-corrected chi connectivity index (χ4v) is 2.30. The zero-order chi connectivity index (χ0) is 13.8. The Bertz CT molecular complexity index is 462. The van der Waals surface area contributed by atoms with Crippen LogP contribution in [-0.2, 0) is 9.59 Å². The van der Waals surface area contributed by atoms with Gasteiger partial charge in [-0.15, -0.1) is 11.8 Å². The number of carboxylic acids is 1. The maximum absolute atomic E-state index is 11.7. The summed E-state index contributed by atoms with van der Waals surface area (Å²) in [6.07, 6.45) is 0. The van der Waals surface area contributed by atoms with E-state index in [-0.39, 0.29) is 11.7 Å². The summed E-state index contributed by atoms with van der Waals surface area (Å²) in [4.78, 5) is 22.5. The van der Waals surface area contributed by atoms with Crippen molar-refractivity contribution in [1.29, 1.82) is 0 Å². The lowest BCUT2D eigenvalue weighted by molar-refractivity contribution is -0.138. The van der Waals surface area contributed by atoms with Crippen LogP contribution in [0.4, 0.5) is 5.69 Å². The van der Waals surface area contributed by atoms with Crippen molar-refractivity contribution in [2.75, 3.05) is 11.1 Å². The topological polar surface area (TPSA) is 66.4 Å². The van der Waals surface area contributed by atoms with Gasteiger partial charge in [0.25, 0.3) is 0 Å². The second-order valence-electron chi connectivity index (χ2n) is 4.16. The molecule has 0 aliphatic heterocycles. The molecule has 2 N–H and O–H groups in total. The number of carbonyl (C=O) groups is 2. The van der Waals surface area contributed by atoms with Crippen molar-refractivity contribution < 1.29 is 14.7 Å². The van der Waals surface area contributed by atoms with E-state index in [2.05, 4.69) is 27.9 Å². The quantitative estimate of drug-likeness (QED) is 0.773. The van der Waals surface area contributed by atoms with Crippen molar-refractivity contribution in [3.63, 3.8) is 0 Å². The Kier molecular flexibility index (Phi) is 5.46. The second-order valence-corrected chi connectivity index (χ2v) is 7.01. The maximum atomic E-state index is 11.7. The molecule has 1 amide bonds. The third-order valence-corrected chi connectivity index (χ3v) is 4.16. The number of hydrogen-bond acceptors (Lipinski definition) is 3. The van der Waals surface area contributed by atoms with Crippen LogP contribution in [0.25, 0.3) is 0 Å². The number of aliphatic carboxylic acids is 1. The molecule has 0 bridgehead atoms. The van der Waals surface area contributed by atoms with Crippen LogP contribution < -0.4 is 5.32 Å². The summed E-state index contributed by atoms with van der Waals surface area (Å²) in [7, 11) is 0. The van der Waals surface area contributed by atoms with E-state index >= 15 is 0 Å². The highest BCUT2D eigenvalue weighted by molar-refractivity contribution is 14.1. The second kappa shape index (κ2) is 6.42. The smallest absolute Gasteiger partial charge is 0.319 e. The molecule has 0 unspecified atom stereocenters. The van der Waals surface area contributed by atoms with Gasteiger partial charge in [-0.1, -0.05) is 6.07 Å². The Morgan fingerprint density at radius 2 is 2.11 bits per heavy atom. The average molecular weight is 379 g/mol. The lowest BCUT2D eigenvalue weighted by Crippen LogP contribution is -2.29. The molecule has 0 heterocycles. The molecule has 0 saturated heterocycles. The molecule has 1 rings (SSSR count). The number of rotatable bonds is 5. The predicted molar refractivity (Wildman–Crippen MR) is 82.0 cm³/mol. The van der Waals surface area contributed by atoms with Crippen LogP contribution in [0.3, 0.4) is 0 Å². The number of carbonyl (C=O) groups excluding carboxylic acids is 1. The number of nitrogens with one attached hydrogen (secondary N) is 1. The summed E-state index contributed by atoms with van der Waals surface area (Å²) in [5.74, 6) is -1.00. The summed E-state index contributed by atoms with van der Waals surface area (Å²) in [5, 5.41) is 11.7. The minimum absolute atomic E-state index is 0.116. The Labute approximate surface area is 124 Å². The third-order valence-electron chi connectivity index (χ3n) is 2.19. The van der Waals surface area contributed by atoms with Gasteiger partial charge in [0.2, 0.25) is 5.91 Å². The van der Waals surface area contributed by atoms with Crippen LogP contribution in [0.5, 0.6) is 0 Å². The largest absolute Gasteiger partial charge is 0.480 e. The zero-order valence-electron chi connectivity index (χ0n) is 10.1. The molecule has 6 heteroatoms. The highest BCUT2D eigenvalue weighted by atomic mass is 127. The number of anilines is 1. The Morgan fingerprint density at radius 3 is 2.67 bits per heavy atom. The van der Waals surface area contributed by atoms with Crippen molar-refractivity contribution in [3.05, 3.63) is 27.8 Å². The Balaban J connectivity index is 2.50. The molecule has 0 saturated carbocycles. The fraction of sp³-hybridized carbons (Fsp3) is 0.333. The molecule has 0 aromatic heterocycles. The van der Waals surface area contributed by atoms with Gasteiger partial charge in [0, 0.05) is 9.26 Å². The van der Waals surface area contributed by atoms with Crippen LogP contribution in [0.1, 0.15) is 13.8 Å². The van der Waals surface area contributed by atoms with E-state index < -0.39 is 10.7 Å². The molecule has 1 aromatic rings. The van der Waals surface area contributed by atoms with E-state index in [1.165, 1.54) is 0 Å². The molecule has 0 aliphatic rings. The Hall–Kier alpha value is -0.760. The summed E-state index contributed by atoms with van der Waals surface area (Å²) in [5.41, 5.74) is 0.723. The molecule has 4 nitrogen and oxygen atoms in total. The molecule has 0 fully saturated rings. The zero-order valence-corrected chi connectivity index (χ0v) is 13.0. The monoisotopic (exact) mass is 379 g/mol. The van der Waals surface area contributed by atoms with Gasteiger partial charge in [0.1, 0.15) is 4.75 Å². The number of thioether (sulfide) groups is 1. The molecule has 1 aromatic carbocycles. The van der Waals surface area contributed by atoms with Crippen molar-refractivity contribution in [3.8, 4) is 0 Å². The number of carboxylic acid groups (broad SMARTS) is 1. The summed E-state index contributed by atoms with van der Waals surface area (Å²) in [6, 6.07) is 7.43. The molecular formula is C12H14INO3S. The van der Waals surface area contributed by atoms with Gasteiger partial charge in [0.15, 0.2) is 0 Å². The summed E-state index contributed by atoms with van der Waals surface area (Å²) in [6.45, 7) is 3.16. The van der Waals surface area contributed by atoms with Crippen molar-refractivity contribution in [2.24, 2.45) is 0 Å². The first-order chi connectivity index (χ1) is 8.31. The van der Waals surface area contributed by atoms with E-state index in [4.69, 9.17) is 5.11 Å². The first kappa shape index (κ1) is 15.3. The number of hydrogen-bond donors (Lipinski definition) is 2. The SMILES string of the molecule is CC(C)(SCC(=O)Nc1cccc(I)c1)C(=O)O. The van der Waals surface area contributed by atoms with E-state index in [0.717, 1.165) is 21.0 Å². The maximum Gasteiger partial charge on any atom is 0.319 e. The molecular weight excluding hydrogens is 365 g/mol. The normalized spacial score (nSPS) is 11.1. The Morgan fingerprint density at radius 1 is 1.44 bits per heavy atom. The van der Waals surface area contributed by atoms with E-state index in [1.54, 1.807) is 19.9 Å². The van der Waals surface area contributed by atoms with Gasteiger partial charge in [-0.05, 0) is 54.6 Å². The van der Waals surface area contributed by atoms with Crippen LogP contribution in [0.2, 0.25) is 0 Å². The lowest BCUT2D eigenvalue weighted by atomic mass is 10.2. The van der Waals surface area contributed by atoms with Crippen LogP contribution in [-0.4, -0.2) is 27.5 Å². The fourth-order valence-electron chi connectivity index (χ4n) is 1.07. The van der Waals surface area contributed by atoms with Gasteiger partial charge < -0.3 is 10.4 Å². The average Bonchev–Trinajstić information content (AvgIpc) is 2.26. The van der Waals surface area contributed by atoms with E-state index in [1.807, 2.05) is 18.2 Å². The summed E-state index contributed by atoms with van der Waals surface area (Å²) >= 11 is 3.27. The minimum atomic E-state index is -0.956. The predicted octanol–water partition coefficient (Wildman–Crippen LogP) is 2.83. The van der Waals surface area contributed by atoms with Crippen LogP contribution in [0, 0.1) is 3.57 Å². The highest BCUT2D eigenvalue weighted by Gasteiger charge is 2.28. The van der Waals surface area contributed by atoms with Crippen molar-refractivity contribution in [1.82, 2.24) is 0 Å². The first-order valence-corrected chi connectivity index (χ1v) is 7.30. The van der Waals surface area contributed by atoms with Gasteiger partial charge in [-0.25, -0.2) is 0 Å². The highest BCUT2D eigenvalue weighted by Crippen LogP contribution is 2.24. The molecule has 0 radical (unpaired) electrons. The van der Waals surface area contributed by atoms with Crippen LogP contribution >= 0.6 is 34.4 Å².